The van der Waals surface area contributed by atoms with Gasteiger partial charge >= 0.3 is 6.03 Å². The predicted octanol–water partition coefficient (Wildman–Crippen LogP) is 1.39. The van der Waals surface area contributed by atoms with Crippen LogP contribution in [0.15, 0.2) is 0 Å². The van der Waals surface area contributed by atoms with Gasteiger partial charge in [-0.1, -0.05) is 13.3 Å². The number of aliphatic hydroxyl groups excluding tert-OH is 1. The molecule has 0 aromatic heterocycles. The van der Waals surface area contributed by atoms with E-state index in [0.717, 1.165) is 45.1 Å². The molecule has 1 aliphatic carbocycles. The van der Waals surface area contributed by atoms with E-state index in [1.807, 2.05) is 0 Å². The van der Waals surface area contributed by atoms with Crippen LogP contribution in [0, 0.1) is 0 Å². The fourth-order valence-electron chi connectivity index (χ4n) is 1.84. The zero-order valence-corrected chi connectivity index (χ0v) is 9.46. The smallest absolute Gasteiger partial charge is 0.315 e. The minimum absolute atomic E-state index is 0.0650. The first kappa shape index (κ1) is 12.3. The molecule has 0 aromatic rings. The van der Waals surface area contributed by atoms with Gasteiger partial charge < -0.3 is 15.7 Å². The summed E-state index contributed by atoms with van der Waals surface area (Å²) < 4.78 is 0. The Hall–Kier alpha value is -0.770. The van der Waals surface area contributed by atoms with Crippen molar-refractivity contribution in [3.8, 4) is 0 Å². The minimum Gasteiger partial charge on any atom is -0.393 e. The second-order valence-corrected chi connectivity index (χ2v) is 4.26. The van der Waals surface area contributed by atoms with Gasteiger partial charge in [0.2, 0.25) is 0 Å². The van der Waals surface area contributed by atoms with Gasteiger partial charge in [0.1, 0.15) is 0 Å². The number of carbonyl (C=O) groups excluding carboxylic acids is 1. The molecule has 0 radical (unpaired) electrons. The Bertz CT molecular complexity index is 189. The third-order valence-corrected chi connectivity index (χ3v) is 2.85. The van der Waals surface area contributed by atoms with Gasteiger partial charge in [0.25, 0.3) is 0 Å². The van der Waals surface area contributed by atoms with Crippen LogP contribution >= 0.6 is 0 Å². The summed E-state index contributed by atoms with van der Waals surface area (Å²) in [4.78, 5) is 11.4. The summed E-state index contributed by atoms with van der Waals surface area (Å²) in [5.41, 5.74) is 0. The van der Waals surface area contributed by atoms with E-state index in [1.54, 1.807) is 0 Å². The molecule has 4 nitrogen and oxygen atoms in total. The molecule has 1 fully saturated rings. The van der Waals surface area contributed by atoms with Crippen molar-refractivity contribution >= 4 is 6.03 Å². The van der Waals surface area contributed by atoms with Crippen LogP contribution in [0.4, 0.5) is 4.79 Å². The molecule has 0 atom stereocenters. The SMILES string of the molecule is CCCCNC(=O)NC1CCC(O)CC1. The first-order valence-corrected chi connectivity index (χ1v) is 5.94. The normalized spacial score (nSPS) is 26.0. The number of urea groups is 1. The monoisotopic (exact) mass is 214 g/mol. The lowest BCUT2D eigenvalue weighted by Crippen LogP contribution is -2.44. The van der Waals surface area contributed by atoms with Crippen molar-refractivity contribution < 1.29 is 9.90 Å². The predicted molar refractivity (Wildman–Crippen MR) is 59.7 cm³/mol. The van der Waals surface area contributed by atoms with E-state index in [0.29, 0.717) is 0 Å². The molecule has 3 N–H and O–H groups in total. The molecule has 15 heavy (non-hydrogen) atoms. The molecule has 1 aliphatic rings. The Morgan fingerprint density at radius 2 is 2.00 bits per heavy atom. The van der Waals surface area contributed by atoms with Gasteiger partial charge in [-0.3, -0.25) is 0 Å². The molecule has 0 spiro atoms. The Labute approximate surface area is 91.4 Å². The number of unbranched alkanes of at least 4 members (excludes halogenated alkanes) is 1. The molecule has 2 amide bonds. The Morgan fingerprint density at radius 3 is 2.60 bits per heavy atom. The Balaban J connectivity index is 2.09. The van der Waals surface area contributed by atoms with Crippen molar-refractivity contribution in [3.63, 3.8) is 0 Å². The molecular weight excluding hydrogens is 192 g/mol. The number of aliphatic hydroxyl groups is 1. The molecule has 0 aliphatic heterocycles. The minimum atomic E-state index is -0.161. The van der Waals surface area contributed by atoms with E-state index >= 15 is 0 Å². The van der Waals surface area contributed by atoms with E-state index < -0.39 is 0 Å². The highest BCUT2D eigenvalue weighted by atomic mass is 16.3. The number of hydrogen-bond donors (Lipinski definition) is 3. The molecule has 4 heteroatoms. The molecule has 1 rings (SSSR count). The van der Waals surface area contributed by atoms with Crippen molar-refractivity contribution in [1.29, 1.82) is 0 Å². The number of amides is 2. The summed E-state index contributed by atoms with van der Waals surface area (Å²) in [6.07, 6.45) is 5.35. The van der Waals surface area contributed by atoms with E-state index in [4.69, 9.17) is 0 Å². The van der Waals surface area contributed by atoms with Crippen LogP contribution in [-0.4, -0.2) is 29.8 Å². The van der Waals surface area contributed by atoms with Crippen molar-refractivity contribution in [3.05, 3.63) is 0 Å². The summed E-state index contributed by atoms with van der Waals surface area (Å²) in [5, 5.41) is 15.1. The molecule has 0 aromatic carbocycles. The van der Waals surface area contributed by atoms with Crippen molar-refractivity contribution in [2.75, 3.05) is 6.54 Å². The maximum Gasteiger partial charge on any atom is 0.315 e. The summed E-state index contributed by atoms with van der Waals surface area (Å²) >= 11 is 0. The average molecular weight is 214 g/mol. The zero-order chi connectivity index (χ0) is 11.1. The van der Waals surface area contributed by atoms with E-state index in [9.17, 15) is 9.90 Å². The number of hydrogen-bond acceptors (Lipinski definition) is 2. The summed E-state index contributed by atoms with van der Waals surface area (Å²) in [5.74, 6) is 0. The highest BCUT2D eigenvalue weighted by molar-refractivity contribution is 5.74. The quantitative estimate of drug-likeness (QED) is 0.619. The van der Waals surface area contributed by atoms with Crippen LogP contribution in [0.2, 0.25) is 0 Å². The van der Waals surface area contributed by atoms with E-state index in [-0.39, 0.29) is 18.2 Å². The molecule has 1 saturated carbocycles. The second kappa shape index (κ2) is 6.67. The van der Waals surface area contributed by atoms with Gasteiger partial charge in [0, 0.05) is 12.6 Å². The van der Waals surface area contributed by atoms with Gasteiger partial charge in [-0.2, -0.15) is 0 Å². The number of rotatable bonds is 4. The first-order valence-electron chi connectivity index (χ1n) is 5.94. The summed E-state index contributed by atoms with van der Waals surface area (Å²) in [7, 11) is 0. The molecule has 0 heterocycles. The van der Waals surface area contributed by atoms with Crippen LogP contribution in [0.5, 0.6) is 0 Å². The van der Waals surface area contributed by atoms with Crippen LogP contribution in [-0.2, 0) is 0 Å². The fraction of sp³-hybridized carbons (Fsp3) is 0.909. The maximum absolute atomic E-state index is 11.4. The van der Waals surface area contributed by atoms with E-state index in [1.165, 1.54) is 0 Å². The Kier molecular flexibility index (Phi) is 5.47. The summed E-state index contributed by atoms with van der Waals surface area (Å²) in [6.45, 7) is 2.85. The van der Waals surface area contributed by atoms with Gasteiger partial charge in [-0.15, -0.1) is 0 Å². The highest BCUT2D eigenvalue weighted by Gasteiger charge is 2.20. The van der Waals surface area contributed by atoms with Crippen LogP contribution in [0.1, 0.15) is 45.4 Å². The van der Waals surface area contributed by atoms with Gasteiger partial charge in [0.15, 0.2) is 0 Å². The first-order chi connectivity index (χ1) is 7.22. The van der Waals surface area contributed by atoms with Crippen molar-refractivity contribution in [1.82, 2.24) is 10.6 Å². The topological polar surface area (TPSA) is 61.4 Å². The van der Waals surface area contributed by atoms with E-state index in [2.05, 4.69) is 17.6 Å². The standard InChI is InChI=1S/C11H22N2O2/c1-2-3-8-12-11(15)13-9-4-6-10(14)7-5-9/h9-10,14H,2-8H2,1H3,(H2,12,13,15). The third-order valence-electron chi connectivity index (χ3n) is 2.85. The highest BCUT2D eigenvalue weighted by Crippen LogP contribution is 2.17. The number of carbonyl (C=O) groups is 1. The fourth-order valence-corrected chi connectivity index (χ4v) is 1.84. The van der Waals surface area contributed by atoms with Crippen LogP contribution < -0.4 is 10.6 Å². The largest absolute Gasteiger partial charge is 0.393 e. The Morgan fingerprint density at radius 1 is 1.33 bits per heavy atom. The lowest BCUT2D eigenvalue weighted by Gasteiger charge is -2.26. The average Bonchev–Trinajstić information content (AvgIpc) is 2.22. The summed E-state index contributed by atoms with van der Waals surface area (Å²) in [6, 6.07) is 0.180. The molecule has 0 unspecified atom stereocenters. The lowest BCUT2D eigenvalue weighted by atomic mass is 9.93. The van der Waals surface area contributed by atoms with Crippen molar-refractivity contribution in [2.45, 2.75) is 57.6 Å². The molecule has 88 valence electrons. The zero-order valence-electron chi connectivity index (χ0n) is 9.46. The molecular formula is C11H22N2O2. The van der Waals surface area contributed by atoms with Gasteiger partial charge in [0.05, 0.1) is 6.10 Å². The maximum atomic E-state index is 11.4. The lowest BCUT2D eigenvalue weighted by molar-refractivity contribution is 0.117. The third kappa shape index (κ3) is 5.02. The van der Waals surface area contributed by atoms with Crippen LogP contribution in [0.3, 0.4) is 0 Å². The number of nitrogens with one attached hydrogen (secondary N) is 2. The van der Waals surface area contributed by atoms with Crippen molar-refractivity contribution in [2.24, 2.45) is 0 Å². The van der Waals surface area contributed by atoms with Gasteiger partial charge in [-0.05, 0) is 32.1 Å². The van der Waals surface area contributed by atoms with Gasteiger partial charge in [-0.25, -0.2) is 4.79 Å². The second-order valence-electron chi connectivity index (χ2n) is 4.26. The molecule has 0 bridgehead atoms. The van der Waals surface area contributed by atoms with Crippen LogP contribution in [0.25, 0.3) is 0 Å². The molecule has 0 saturated heterocycles.